The Hall–Kier alpha value is -0.530. The molecule has 0 spiro atoms. The van der Waals surface area contributed by atoms with Crippen molar-refractivity contribution >= 4 is 5.97 Å². The Kier molecular flexibility index (Phi) is 22.7. The normalized spacial score (nSPS) is 13.4. The first-order valence-corrected chi connectivity index (χ1v) is 13.9. The smallest absolute Gasteiger partial charge is 0.306 e. The summed E-state index contributed by atoms with van der Waals surface area (Å²) >= 11 is 0. The molecule has 0 fully saturated rings. The van der Waals surface area contributed by atoms with E-state index in [4.69, 9.17) is 0 Å². The van der Waals surface area contributed by atoms with Gasteiger partial charge in [-0.2, -0.15) is 0 Å². The number of rotatable bonds is 24. The van der Waals surface area contributed by atoms with E-state index < -0.39 is 5.97 Å². The van der Waals surface area contributed by atoms with Gasteiger partial charge in [0.25, 0.3) is 0 Å². The maximum atomic E-state index is 11.8. The van der Waals surface area contributed by atoms with E-state index in [0.717, 1.165) is 19.3 Å². The Morgan fingerprint density at radius 2 is 0.900 bits per heavy atom. The van der Waals surface area contributed by atoms with Crippen LogP contribution in [0.2, 0.25) is 0 Å². The van der Waals surface area contributed by atoms with Crippen LogP contribution in [0.3, 0.4) is 0 Å². The first-order chi connectivity index (χ1) is 14.7. The molecule has 0 aromatic rings. The summed E-state index contributed by atoms with van der Waals surface area (Å²) in [6.07, 6.45) is 28.0. The average Bonchev–Trinajstić information content (AvgIpc) is 2.74. The summed E-state index contributed by atoms with van der Waals surface area (Å²) in [5, 5.41) is 9.73. The lowest BCUT2D eigenvalue weighted by Crippen LogP contribution is -2.18. The van der Waals surface area contributed by atoms with Gasteiger partial charge in [0.05, 0.1) is 5.92 Å². The third kappa shape index (κ3) is 19.4. The topological polar surface area (TPSA) is 37.3 Å². The van der Waals surface area contributed by atoms with Crippen LogP contribution in [-0.4, -0.2) is 11.1 Å². The molecule has 0 aliphatic rings. The maximum absolute atomic E-state index is 11.8. The van der Waals surface area contributed by atoms with Crippen molar-refractivity contribution in [3.8, 4) is 0 Å². The molecule has 2 unspecified atom stereocenters. The minimum atomic E-state index is -0.548. The van der Waals surface area contributed by atoms with Crippen molar-refractivity contribution in [2.75, 3.05) is 0 Å². The molecule has 0 saturated carbocycles. The van der Waals surface area contributed by atoms with Gasteiger partial charge in [0.1, 0.15) is 0 Å². The predicted molar refractivity (Wildman–Crippen MR) is 133 cm³/mol. The third-order valence-corrected chi connectivity index (χ3v) is 6.81. The third-order valence-electron chi connectivity index (χ3n) is 6.81. The Morgan fingerprint density at radius 3 is 1.37 bits per heavy atom. The molecule has 0 aromatic heterocycles. The van der Waals surface area contributed by atoms with Gasteiger partial charge in [-0.05, 0) is 18.8 Å². The van der Waals surface area contributed by atoms with E-state index in [9.17, 15) is 9.90 Å². The van der Waals surface area contributed by atoms with Gasteiger partial charge in [-0.3, -0.25) is 4.79 Å². The van der Waals surface area contributed by atoms with Gasteiger partial charge in [-0.25, -0.2) is 0 Å². The minimum absolute atomic E-state index is 0.110. The van der Waals surface area contributed by atoms with Gasteiger partial charge in [0, 0.05) is 0 Å². The van der Waals surface area contributed by atoms with Crippen molar-refractivity contribution in [3.63, 3.8) is 0 Å². The molecule has 0 aliphatic heterocycles. The molecule has 0 rings (SSSR count). The highest BCUT2D eigenvalue weighted by molar-refractivity contribution is 5.69. The van der Waals surface area contributed by atoms with Crippen LogP contribution in [0.15, 0.2) is 0 Å². The molecule has 2 atom stereocenters. The van der Waals surface area contributed by atoms with Gasteiger partial charge in [0.2, 0.25) is 0 Å². The molecule has 0 aliphatic carbocycles. The number of aliphatic carboxylic acids is 1. The highest BCUT2D eigenvalue weighted by Crippen LogP contribution is 2.27. The quantitative estimate of drug-likeness (QED) is 0.156. The largest absolute Gasteiger partial charge is 0.481 e. The zero-order valence-electron chi connectivity index (χ0n) is 21.1. The SMILES string of the molecule is CCCCCCCCCCCCCCC(CC(CCCC)CCCCCC)C(=O)O. The van der Waals surface area contributed by atoms with E-state index in [0.29, 0.717) is 5.92 Å². The number of carboxylic acid groups (broad SMARTS) is 1. The van der Waals surface area contributed by atoms with Gasteiger partial charge in [-0.1, -0.05) is 149 Å². The van der Waals surface area contributed by atoms with Crippen molar-refractivity contribution in [2.24, 2.45) is 11.8 Å². The monoisotopic (exact) mass is 424 g/mol. The predicted octanol–water partition coefficient (Wildman–Crippen LogP) is 9.95. The molecule has 2 nitrogen and oxygen atoms in total. The zero-order chi connectivity index (χ0) is 22.3. The fourth-order valence-corrected chi connectivity index (χ4v) is 4.71. The minimum Gasteiger partial charge on any atom is -0.481 e. The van der Waals surface area contributed by atoms with Crippen molar-refractivity contribution in [3.05, 3.63) is 0 Å². The molecule has 1 N–H and O–H groups in total. The lowest BCUT2D eigenvalue weighted by molar-refractivity contribution is -0.142. The summed E-state index contributed by atoms with van der Waals surface area (Å²) in [6.45, 7) is 6.77. The van der Waals surface area contributed by atoms with E-state index in [-0.39, 0.29) is 5.92 Å². The van der Waals surface area contributed by atoms with Crippen LogP contribution in [-0.2, 0) is 4.79 Å². The van der Waals surface area contributed by atoms with Crippen molar-refractivity contribution < 1.29 is 9.90 Å². The Balaban J connectivity index is 3.90. The molecule has 0 heterocycles. The fourth-order valence-electron chi connectivity index (χ4n) is 4.71. The standard InChI is InChI=1S/C28H56O2/c1-4-7-10-12-13-14-15-16-17-18-19-21-24-27(28(29)30)25-26(22-9-6-3)23-20-11-8-5-2/h26-27H,4-25H2,1-3H3,(H,29,30). The van der Waals surface area contributed by atoms with Crippen molar-refractivity contribution in [1.29, 1.82) is 0 Å². The van der Waals surface area contributed by atoms with Crippen LogP contribution in [0.4, 0.5) is 0 Å². The van der Waals surface area contributed by atoms with Crippen LogP contribution in [0.1, 0.15) is 162 Å². The van der Waals surface area contributed by atoms with E-state index in [1.165, 1.54) is 122 Å². The number of unbranched alkanes of at least 4 members (excludes halogenated alkanes) is 15. The van der Waals surface area contributed by atoms with Gasteiger partial charge in [-0.15, -0.1) is 0 Å². The number of hydrogen-bond donors (Lipinski definition) is 1. The van der Waals surface area contributed by atoms with Gasteiger partial charge >= 0.3 is 5.97 Å². The summed E-state index contributed by atoms with van der Waals surface area (Å²) in [5.41, 5.74) is 0. The van der Waals surface area contributed by atoms with Crippen LogP contribution in [0.25, 0.3) is 0 Å². The Morgan fingerprint density at radius 1 is 0.533 bits per heavy atom. The lowest BCUT2D eigenvalue weighted by Gasteiger charge is -2.21. The van der Waals surface area contributed by atoms with E-state index >= 15 is 0 Å². The van der Waals surface area contributed by atoms with E-state index in [2.05, 4.69) is 20.8 Å². The van der Waals surface area contributed by atoms with E-state index in [1.54, 1.807) is 0 Å². The average molecular weight is 425 g/mol. The van der Waals surface area contributed by atoms with Crippen LogP contribution >= 0.6 is 0 Å². The molecule has 0 radical (unpaired) electrons. The molecule has 2 heteroatoms. The second-order valence-corrected chi connectivity index (χ2v) is 9.81. The second kappa shape index (κ2) is 23.1. The summed E-state index contributed by atoms with van der Waals surface area (Å²) in [5.74, 6) is -0.0329. The number of carbonyl (C=O) groups is 1. The lowest BCUT2D eigenvalue weighted by atomic mass is 9.84. The maximum Gasteiger partial charge on any atom is 0.306 e. The number of carboxylic acids is 1. The molecule has 0 bridgehead atoms. The summed E-state index contributed by atoms with van der Waals surface area (Å²) in [6, 6.07) is 0. The first-order valence-electron chi connectivity index (χ1n) is 13.9. The molecule has 0 saturated heterocycles. The molecule has 180 valence electrons. The van der Waals surface area contributed by atoms with Crippen LogP contribution < -0.4 is 0 Å². The summed E-state index contributed by atoms with van der Waals surface area (Å²) in [7, 11) is 0. The van der Waals surface area contributed by atoms with Crippen molar-refractivity contribution in [1.82, 2.24) is 0 Å². The van der Waals surface area contributed by atoms with Crippen LogP contribution in [0.5, 0.6) is 0 Å². The molecular weight excluding hydrogens is 368 g/mol. The summed E-state index contributed by atoms with van der Waals surface area (Å²) < 4.78 is 0. The molecule has 0 amide bonds. The number of hydrogen-bond acceptors (Lipinski definition) is 1. The highest BCUT2D eigenvalue weighted by Gasteiger charge is 2.21. The zero-order valence-corrected chi connectivity index (χ0v) is 21.1. The van der Waals surface area contributed by atoms with Gasteiger partial charge < -0.3 is 5.11 Å². The highest BCUT2D eigenvalue weighted by atomic mass is 16.4. The molecule has 30 heavy (non-hydrogen) atoms. The van der Waals surface area contributed by atoms with Gasteiger partial charge in [0.15, 0.2) is 0 Å². The summed E-state index contributed by atoms with van der Waals surface area (Å²) in [4.78, 5) is 11.8. The Bertz CT molecular complexity index is 353. The first kappa shape index (κ1) is 29.5. The Labute approximate surface area is 190 Å². The fraction of sp³-hybridized carbons (Fsp3) is 0.964. The molecular formula is C28H56O2. The van der Waals surface area contributed by atoms with Crippen LogP contribution in [0, 0.1) is 11.8 Å². The second-order valence-electron chi connectivity index (χ2n) is 9.81. The molecule has 0 aromatic carbocycles. The van der Waals surface area contributed by atoms with E-state index in [1.807, 2.05) is 0 Å². The van der Waals surface area contributed by atoms with Crippen molar-refractivity contribution in [2.45, 2.75) is 162 Å².